The Kier molecular flexibility index (Phi) is 2.63. The number of fused-ring (bicyclic) bond motifs is 1. The molecule has 1 aromatic carbocycles. The number of hydrogen-bond donors (Lipinski definition) is 0. The van der Waals surface area contributed by atoms with Crippen molar-refractivity contribution in [1.29, 1.82) is 0 Å². The molecular weight excluding hydrogens is 204 g/mol. The number of para-hydroxylation sites is 1. The van der Waals surface area contributed by atoms with Gasteiger partial charge in [-0.1, -0.05) is 24.5 Å². The molecule has 82 valence electrons. The fourth-order valence-electron chi connectivity index (χ4n) is 1.98. The maximum Gasteiger partial charge on any atom is 0.478 e. The summed E-state index contributed by atoms with van der Waals surface area (Å²) in [4.78, 5) is 0. The van der Waals surface area contributed by atoms with Crippen molar-refractivity contribution in [3.05, 3.63) is 29.8 Å². The van der Waals surface area contributed by atoms with Crippen LogP contribution >= 0.6 is 0 Å². The predicted octanol–water partition coefficient (Wildman–Crippen LogP) is 3.40. The standard InChI is InChI=1S/C10H11BF3O/c12-11(13,14)7-8-5-6-15-10-4-2-1-3-9(8)10/h1-4,8H,5-7H2/q-1. The molecule has 0 radical (unpaired) electrons. The molecule has 1 atom stereocenters. The van der Waals surface area contributed by atoms with Crippen LogP contribution in [0.4, 0.5) is 12.9 Å². The molecule has 2 rings (SSSR count). The van der Waals surface area contributed by atoms with E-state index in [4.69, 9.17) is 4.74 Å². The monoisotopic (exact) mass is 215 g/mol. The van der Waals surface area contributed by atoms with E-state index >= 15 is 0 Å². The minimum absolute atomic E-state index is 0.383. The van der Waals surface area contributed by atoms with Gasteiger partial charge in [0.2, 0.25) is 0 Å². The van der Waals surface area contributed by atoms with Crippen LogP contribution in [0.15, 0.2) is 24.3 Å². The van der Waals surface area contributed by atoms with Crippen molar-refractivity contribution in [3.8, 4) is 5.75 Å². The van der Waals surface area contributed by atoms with Crippen LogP contribution in [0, 0.1) is 0 Å². The van der Waals surface area contributed by atoms with Gasteiger partial charge >= 0.3 is 6.98 Å². The van der Waals surface area contributed by atoms with Crippen molar-refractivity contribution in [2.24, 2.45) is 0 Å². The second kappa shape index (κ2) is 3.79. The van der Waals surface area contributed by atoms with Crippen molar-refractivity contribution in [2.45, 2.75) is 18.7 Å². The van der Waals surface area contributed by atoms with Crippen LogP contribution in [-0.4, -0.2) is 13.6 Å². The van der Waals surface area contributed by atoms with E-state index in [2.05, 4.69) is 0 Å². The van der Waals surface area contributed by atoms with Gasteiger partial charge in [-0.2, -0.15) is 0 Å². The lowest BCUT2D eigenvalue weighted by Crippen LogP contribution is -2.23. The summed E-state index contributed by atoms with van der Waals surface area (Å²) in [6.07, 6.45) is -0.237. The third kappa shape index (κ3) is 2.46. The van der Waals surface area contributed by atoms with Crippen molar-refractivity contribution in [1.82, 2.24) is 0 Å². The molecule has 0 aromatic heterocycles. The van der Waals surface area contributed by atoms with E-state index in [-0.39, 0.29) is 0 Å². The van der Waals surface area contributed by atoms with E-state index < -0.39 is 19.2 Å². The van der Waals surface area contributed by atoms with Gasteiger partial charge in [0.05, 0.1) is 6.61 Å². The first kappa shape index (κ1) is 10.4. The van der Waals surface area contributed by atoms with Crippen molar-refractivity contribution in [2.75, 3.05) is 6.61 Å². The molecule has 0 N–H and O–H groups in total. The summed E-state index contributed by atoms with van der Waals surface area (Å²) in [6, 6.07) is 6.98. The largest absolute Gasteiger partial charge is 0.493 e. The molecule has 0 fully saturated rings. The van der Waals surface area contributed by atoms with Crippen molar-refractivity contribution >= 4 is 6.98 Å². The number of benzene rings is 1. The Morgan fingerprint density at radius 1 is 1.27 bits per heavy atom. The number of ether oxygens (including phenoxy) is 1. The predicted molar refractivity (Wildman–Crippen MR) is 53.2 cm³/mol. The van der Waals surface area contributed by atoms with Crippen LogP contribution in [0.3, 0.4) is 0 Å². The van der Waals surface area contributed by atoms with Crippen LogP contribution in [0.2, 0.25) is 6.32 Å². The summed E-state index contributed by atoms with van der Waals surface area (Å²) < 4.78 is 42.4. The molecule has 1 heterocycles. The third-order valence-electron chi connectivity index (χ3n) is 2.63. The number of hydrogen-bond acceptors (Lipinski definition) is 1. The molecule has 15 heavy (non-hydrogen) atoms. The zero-order chi connectivity index (χ0) is 10.9. The number of rotatable bonds is 2. The summed E-state index contributed by atoms with van der Waals surface area (Å²) in [5, 5.41) is 0. The smallest absolute Gasteiger partial charge is 0.478 e. The van der Waals surface area contributed by atoms with Gasteiger partial charge in [0.15, 0.2) is 0 Å². The highest BCUT2D eigenvalue weighted by atomic mass is 19.4. The summed E-state index contributed by atoms with van der Waals surface area (Å²) in [7, 11) is 0. The summed E-state index contributed by atoms with van der Waals surface area (Å²) >= 11 is 0. The highest BCUT2D eigenvalue weighted by Gasteiger charge is 2.31. The lowest BCUT2D eigenvalue weighted by Gasteiger charge is -2.29. The fraction of sp³-hybridized carbons (Fsp3) is 0.400. The highest BCUT2D eigenvalue weighted by molar-refractivity contribution is 6.58. The molecule has 1 aromatic rings. The van der Waals surface area contributed by atoms with Gasteiger partial charge < -0.3 is 17.7 Å². The van der Waals surface area contributed by atoms with Gasteiger partial charge in [-0.25, -0.2) is 0 Å². The first-order valence-corrected chi connectivity index (χ1v) is 4.99. The van der Waals surface area contributed by atoms with Gasteiger partial charge in [-0.3, -0.25) is 0 Å². The second-order valence-electron chi connectivity index (χ2n) is 3.82. The van der Waals surface area contributed by atoms with Gasteiger partial charge in [-0.05, 0) is 24.0 Å². The third-order valence-corrected chi connectivity index (χ3v) is 2.63. The molecule has 0 aliphatic carbocycles. The molecule has 1 aliphatic heterocycles. The highest BCUT2D eigenvalue weighted by Crippen LogP contribution is 2.39. The first-order valence-electron chi connectivity index (χ1n) is 4.99. The molecule has 0 amide bonds. The van der Waals surface area contributed by atoms with Crippen molar-refractivity contribution < 1.29 is 17.7 Å². The SMILES string of the molecule is F[B-](F)(F)CC1CCOc2ccccc21. The van der Waals surface area contributed by atoms with Gasteiger partial charge in [-0.15, -0.1) is 0 Å². The molecular formula is C10H11BF3O-. The summed E-state index contributed by atoms with van der Waals surface area (Å²) in [6.45, 7) is -4.33. The summed E-state index contributed by atoms with van der Waals surface area (Å²) in [5.74, 6) is 0.184. The molecule has 1 nitrogen and oxygen atoms in total. The van der Waals surface area contributed by atoms with E-state index in [9.17, 15) is 12.9 Å². The van der Waals surface area contributed by atoms with E-state index in [0.29, 0.717) is 24.3 Å². The molecule has 1 unspecified atom stereocenters. The van der Waals surface area contributed by atoms with Gasteiger partial charge in [0, 0.05) is 0 Å². The molecule has 5 heteroatoms. The van der Waals surface area contributed by atoms with Crippen LogP contribution in [0.5, 0.6) is 5.75 Å². The first-order chi connectivity index (χ1) is 7.06. The average molecular weight is 215 g/mol. The Bertz CT molecular complexity index is 351. The van der Waals surface area contributed by atoms with Gasteiger partial charge in [0.1, 0.15) is 5.75 Å². The zero-order valence-corrected chi connectivity index (χ0v) is 8.13. The van der Waals surface area contributed by atoms with E-state index in [1.807, 2.05) is 0 Å². The van der Waals surface area contributed by atoms with Crippen LogP contribution in [0.25, 0.3) is 0 Å². The molecule has 0 spiro atoms. The average Bonchev–Trinajstić information content (AvgIpc) is 2.16. The Morgan fingerprint density at radius 3 is 2.73 bits per heavy atom. The number of halogens is 3. The molecule has 1 aliphatic rings. The fourth-order valence-corrected chi connectivity index (χ4v) is 1.98. The Labute approximate surface area is 86.3 Å². The van der Waals surface area contributed by atoms with E-state index in [0.717, 1.165) is 0 Å². The Balaban J connectivity index is 2.22. The molecule has 0 saturated heterocycles. The van der Waals surface area contributed by atoms with Crippen molar-refractivity contribution in [3.63, 3.8) is 0 Å². The Hall–Kier alpha value is -1.13. The summed E-state index contributed by atoms with van der Waals surface area (Å²) in [5.41, 5.74) is 0.697. The molecule has 0 saturated carbocycles. The van der Waals surface area contributed by atoms with Crippen LogP contribution < -0.4 is 4.74 Å². The molecule has 0 bridgehead atoms. The normalized spacial score (nSPS) is 20.6. The minimum atomic E-state index is -4.72. The lowest BCUT2D eigenvalue weighted by atomic mass is 9.73. The lowest BCUT2D eigenvalue weighted by molar-refractivity contribution is 0.267. The second-order valence-corrected chi connectivity index (χ2v) is 3.82. The van der Waals surface area contributed by atoms with Crippen LogP contribution in [-0.2, 0) is 0 Å². The topological polar surface area (TPSA) is 9.23 Å². The van der Waals surface area contributed by atoms with Gasteiger partial charge in [0.25, 0.3) is 0 Å². The van der Waals surface area contributed by atoms with E-state index in [1.165, 1.54) is 0 Å². The maximum absolute atomic E-state index is 12.4. The zero-order valence-electron chi connectivity index (χ0n) is 8.13. The Morgan fingerprint density at radius 2 is 2.00 bits per heavy atom. The minimum Gasteiger partial charge on any atom is -0.493 e. The van der Waals surface area contributed by atoms with E-state index in [1.54, 1.807) is 24.3 Å². The maximum atomic E-state index is 12.4. The van der Waals surface area contributed by atoms with Crippen LogP contribution in [0.1, 0.15) is 17.9 Å². The quantitative estimate of drug-likeness (QED) is 0.687.